The first-order chi connectivity index (χ1) is 14.5. The first-order valence-corrected chi connectivity index (χ1v) is 12.0. The van der Waals surface area contributed by atoms with E-state index in [9.17, 15) is 8.42 Å². The lowest BCUT2D eigenvalue weighted by molar-refractivity contribution is 0.0376. The van der Waals surface area contributed by atoms with Gasteiger partial charge in [0.05, 0.1) is 24.7 Å². The molecule has 0 atom stereocenters. The van der Waals surface area contributed by atoms with Crippen LogP contribution in [0.4, 0.5) is 0 Å². The second-order valence-corrected chi connectivity index (χ2v) is 9.66. The second kappa shape index (κ2) is 11.1. The maximum Gasteiger partial charge on any atom is 0.243 e. The molecular weight excluding hydrogens is 404 g/mol. The van der Waals surface area contributed by atoms with Crippen LogP contribution in [0.3, 0.4) is 0 Å². The van der Waals surface area contributed by atoms with Gasteiger partial charge in [0.2, 0.25) is 10.0 Å². The third-order valence-corrected chi connectivity index (χ3v) is 7.53. The van der Waals surface area contributed by atoms with E-state index in [2.05, 4.69) is 20.1 Å². The van der Waals surface area contributed by atoms with E-state index in [1.54, 1.807) is 22.5 Å². The molecule has 2 aliphatic heterocycles. The third kappa shape index (κ3) is 6.39. The highest BCUT2D eigenvalue weighted by molar-refractivity contribution is 7.89. The fraction of sp³-hybridized carbons (Fsp3) is 0.650. The van der Waals surface area contributed by atoms with Gasteiger partial charge < -0.3 is 20.7 Å². The van der Waals surface area contributed by atoms with Gasteiger partial charge in [0.25, 0.3) is 0 Å². The first-order valence-electron chi connectivity index (χ1n) is 10.6. The van der Waals surface area contributed by atoms with E-state index in [4.69, 9.17) is 10.5 Å². The summed E-state index contributed by atoms with van der Waals surface area (Å²) in [4.78, 5) is 9.19. The van der Waals surface area contributed by atoms with Crippen LogP contribution in [0.15, 0.2) is 34.2 Å². The lowest BCUT2D eigenvalue weighted by atomic mass is 10.2. The average molecular weight is 439 g/mol. The summed E-state index contributed by atoms with van der Waals surface area (Å²) in [5.74, 6) is 0.337. The molecule has 0 unspecified atom stereocenters. The van der Waals surface area contributed by atoms with Crippen LogP contribution in [-0.4, -0.2) is 101 Å². The largest absolute Gasteiger partial charge is 0.379 e. The number of aliphatic imine (C=N–C) groups is 1. The summed E-state index contributed by atoms with van der Waals surface area (Å²) in [6, 6.07) is 7.05. The Balaban J connectivity index is 1.53. The molecule has 2 saturated heterocycles. The summed E-state index contributed by atoms with van der Waals surface area (Å²) in [5.41, 5.74) is 6.66. The van der Waals surface area contributed by atoms with Gasteiger partial charge in [-0.1, -0.05) is 18.2 Å². The van der Waals surface area contributed by atoms with Gasteiger partial charge in [0, 0.05) is 45.8 Å². The quantitative estimate of drug-likeness (QED) is 0.328. The van der Waals surface area contributed by atoms with E-state index >= 15 is 0 Å². The van der Waals surface area contributed by atoms with E-state index in [0.717, 1.165) is 58.9 Å². The van der Waals surface area contributed by atoms with Gasteiger partial charge in [-0.2, -0.15) is 4.31 Å². The molecule has 0 bridgehead atoms. The highest BCUT2D eigenvalue weighted by atomic mass is 32.2. The molecule has 0 aliphatic carbocycles. The van der Waals surface area contributed by atoms with Crippen molar-refractivity contribution in [2.75, 3.05) is 72.6 Å². The van der Waals surface area contributed by atoms with Crippen molar-refractivity contribution in [3.63, 3.8) is 0 Å². The van der Waals surface area contributed by atoms with Gasteiger partial charge in [0.15, 0.2) is 5.96 Å². The fourth-order valence-corrected chi connectivity index (χ4v) is 5.26. The fourth-order valence-electron chi connectivity index (χ4n) is 3.62. The minimum atomic E-state index is -3.54. The normalized spacial score (nSPS) is 20.4. The number of nitrogens with two attached hydrogens (primary N) is 1. The van der Waals surface area contributed by atoms with Gasteiger partial charge in [-0.25, -0.2) is 13.4 Å². The standard InChI is InChI=1S/C20H34N6O3S/c1-24-9-11-26(12-10-24)30(27,28)19-6-3-2-5-18(19)17-23-20(21)22-7-4-8-25-13-15-29-16-14-25/h2-3,5-6H,4,7-17H2,1H3,(H3,21,22,23). The van der Waals surface area contributed by atoms with Gasteiger partial charge in [0.1, 0.15) is 0 Å². The van der Waals surface area contributed by atoms with Crippen molar-refractivity contribution in [2.45, 2.75) is 17.9 Å². The summed E-state index contributed by atoms with van der Waals surface area (Å²) in [6.45, 7) is 7.98. The first kappa shape index (κ1) is 23.0. The highest BCUT2D eigenvalue weighted by Crippen LogP contribution is 2.22. The molecule has 10 heteroatoms. The number of piperazine rings is 1. The van der Waals surface area contributed by atoms with Gasteiger partial charge in [-0.15, -0.1) is 0 Å². The SMILES string of the molecule is CN1CCN(S(=O)(=O)c2ccccc2CN=C(N)NCCCN2CCOCC2)CC1. The molecule has 2 fully saturated rings. The number of sulfonamides is 1. The second-order valence-electron chi connectivity index (χ2n) is 7.75. The van der Waals surface area contributed by atoms with E-state index in [1.807, 2.05) is 13.1 Å². The number of rotatable bonds is 8. The summed E-state index contributed by atoms with van der Waals surface area (Å²) in [6.07, 6.45) is 0.963. The van der Waals surface area contributed by atoms with Crippen LogP contribution in [0.2, 0.25) is 0 Å². The Morgan fingerprint density at radius 2 is 1.83 bits per heavy atom. The van der Waals surface area contributed by atoms with Crippen LogP contribution >= 0.6 is 0 Å². The Morgan fingerprint density at radius 3 is 2.57 bits per heavy atom. The number of ether oxygens (including phenoxy) is 1. The van der Waals surface area contributed by atoms with Crippen molar-refractivity contribution in [1.29, 1.82) is 0 Å². The maximum atomic E-state index is 13.1. The zero-order valence-electron chi connectivity index (χ0n) is 17.8. The number of nitrogens with one attached hydrogen (secondary N) is 1. The Labute approximate surface area is 179 Å². The molecule has 9 nitrogen and oxygen atoms in total. The van der Waals surface area contributed by atoms with E-state index < -0.39 is 10.0 Å². The summed E-state index contributed by atoms with van der Waals surface area (Å²) in [5, 5.41) is 3.12. The molecule has 3 rings (SSSR count). The number of hydrogen-bond acceptors (Lipinski definition) is 6. The van der Waals surface area contributed by atoms with Crippen LogP contribution in [0.25, 0.3) is 0 Å². The number of nitrogens with zero attached hydrogens (tertiary/aromatic N) is 4. The summed E-state index contributed by atoms with van der Waals surface area (Å²) in [7, 11) is -1.53. The number of benzene rings is 1. The van der Waals surface area contributed by atoms with Gasteiger partial charge in [-0.05, 0) is 31.6 Å². The van der Waals surface area contributed by atoms with Crippen LogP contribution in [0.1, 0.15) is 12.0 Å². The minimum Gasteiger partial charge on any atom is -0.379 e. The van der Waals surface area contributed by atoms with Crippen molar-refractivity contribution in [3.8, 4) is 0 Å². The van der Waals surface area contributed by atoms with Crippen molar-refractivity contribution in [3.05, 3.63) is 29.8 Å². The Kier molecular flexibility index (Phi) is 8.46. The molecule has 0 spiro atoms. The van der Waals surface area contributed by atoms with Crippen LogP contribution in [0, 0.1) is 0 Å². The predicted octanol–water partition coefficient (Wildman–Crippen LogP) is -0.251. The molecule has 2 heterocycles. The molecule has 0 radical (unpaired) electrons. The summed E-state index contributed by atoms with van der Waals surface area (Å²) < 4.78 is 33.1. The number of morpholine rings is 1. The third-order valence-electron chi connectivity index (χ3n) is 5.53. The lowest BCUT2D eigenvalue weighted by Gasteiger charge is -2.32. The summed E-state index contributed by atoms with van der Waals surface area (Å²) >= 11 is 0. The van der Waals surface area contributed by atoms with E-state index in [-0.39, 0.29) is 6.54 Å². The topological polar surface area (TPSA) is 104 Å². The van der Waals surface area contributed by atoms with Crippen LogP contribution in [0.5, 0.6) is 0 Å². The molecule has 0 aromatic heterocycles. The van der Waals surface area contributed by atoms with Crippen molar-refractivity contribution >= 4 is 16.0 Å². The smallest absolute Gasteiger partial charge is 0.243 e. The molecule has 30 heavy (non-hydrogen) atoms. The molecule has 0 amide bonds. The van der Waals surface area contributed by atoms with Gasteiger partial charge >= 0.3 is 0 Å². The van der Waals surface area contributed by atoms with Crippen LogP contribution in [-0.2, 0) is 21.3 Å². The number of hydrogen-bond donors (Lipinski definition) is 2. The molecule has 1 aromatic carbocycles. The van der Waals surface area contributed by atoms with Crippen molar-refractivity contribution in [1.82, 2.24) is 19.4 Å². The van der Waals surface area contributed by atoms with Crippen LogP contribution < -0.4 is 11.1 Å². The molecule has 168 valence electrons. The number of likely N-dealkylation sites (N-methyl/N-ethyl adjacent to an activating group) is 1. The van der Waals surface area contributed by atoms with Gasteiger partial charge in [-0.3, -0.25) is 4.90 Å². The average Bonchev–Trinajstić information content (AvgIpc) is 2.76. The Morgan fingerprint density at radius 1 is 1.13 bits per heavy atom. The zero-order chi connectivity index (χ0) is 21.4. The Hall–Kier alpha value is -1.72. The monoisotopic (exact) mass is 438 g/mol. The minimum absolute atomic E-state index is 0.228. The van der Waals surface area contributed by atoms with E-state index in [1.165, 1.54) is 0 Å². The molecule has 0 saturated carbocycles. The Bertz CT molecular complexity index is 803. The molecule has 1 aromatic rings. The zero-order valence-corrected chi connectivity index (χ0v) is 18.6. The maximum absolute atomic E-state index is 13.1. The molecule has 3 N–H and O–H groups in total. The lowest BCUT2D eigenvalue weighted by Crippen LogP contribution is -2.47. The predicted molar refractivity (Wildman–Crippen MR) is 118 cm³/mol. The van der Waals surface area contributed by atoms with Crippen molar-refractivity contribution < 1.29 is 13.2 Å². The van der Waals surface area contributed by atoms with E-state index in [0.29, 0.717) is 29.5 Å². The highest BCUT2D eigenvalue weighted by Gasteiger charge is 2.29. The molecule has 2 aliphatic rings. The van der Waals surface area contributed by atoms with Crippen molar-refractivity contribution in [2.24, 2.45) is 10.7 Å². The number of guanidine groups is 1. The molecular formula is C20H34N6O3S.